The third-order valence-corrected chi connectivity index (χ3v) is 4.83. The van der Waals surface area contributed by atoms with Crippen molar-refractivity contribution in [3.05, 3.63) is 28.6 Å². The van der Waals surface area contributed by atoms with E-state index in [2.05, 4.69) is 16.9 Å². The minimum Gasteiger partial charge on any atom is -0.454 e. The van der Waals surface area contributed by atoms with Crippen LogP contribution in [0.25, 0.3) is 11.5 Å². The highest BCUT2D eigenvalue weighted by molar-refractivity contribution is 6.33. The quantitative estimate of drug-likeness (QED) is 0.843. The Morgan fingerprint density at radius 2 is 2.08 bits per heavy atom. The van der Waals surface area contributed by atoms with Gasteiger partial charge in [-0.2, -0.15) is 0 Å². The van der Waals surface area contributed by atoms with Gasteiger partial charge in [0, 0.05) is 25.3 Å². The Morgan fingerprint density at radius 3 is 2.83 bits per heavy atom. The van der Waals surface area contributed by atoms with E-state index < -0.39 is 0 Å². The van der Waals surface area contributed by atoms with Gasteiger partial charge < -0.3 is 18.6 Å². The van der Waals surface area contributed by atoms with Gasteiger partial charge >= 0.3 is 0 Å². The third kappa shape index (κ3) is 2.85. The second-order valence-electron chi connectivity index (χ2n) is 6.14. The Bertz CT molecular complexity index is 755. The summed E-state index contributed by atoms with van der Waals surface area (Å²) in [6.07, 6.45) is 1.05. The third-order valence-electron chi connectivity index (χ3n) is 4.51. The summed E-state index contributed by atoms with van der Waals surface area (Å²) in [5.41, 5.74) is 1.62. The highest BCUT2D eigenvalue weighted by atomic mass is 35.5. The number of ether oxygens (including phenoxy) is 3. The molecule has 0 spiro atoms. The summed E-state index contributed by atoms with van der Waals surface area (Å²) in [5.74, 6) is 2.60. The Morgan fingerprint density at radius 1 is 1.29 bits per heavy atom. The lowest BCUT2D eigenvalue weighted by atomic mass is 10.2. The fourth-order valence-corrected chi connectivity index (χ4v) is 3.24. The maximum Gasteiger partial charge on any atom is 0.231 e. The Kier molecular flexibility index (Phi) is 4.12. The van der Waals surface area contributed by atoms with Crippen LogP contribution in [0.3, 0.4) is 0 Å². The standard InChI is InChI=1S/C17H19ClN2O4/c1-10-14(7-20(2)11-3-4-21-8-11)19-17(24-10)12-5-15-16(6-13(12)18)23-9-22-15/h5-6,11H,3-4,7-9H2,1-2H3/t11-/m0/s1. The van der Waals surface area contributed by atoms with E-state index in [0.717, 1.165) is 31.1 Å². The monoisotopic (exact) mass is 350 g/mol. The predicted molar refractivity (Wildman–Crippen MR) is 88.5 cm³/mol. The van der Waals surface area contributed by atoms with Crippen LogP contribution in [0.1, 0.15) is 17.9 Å². The first-order chi connectivity index (χ1) is 11.6. The molecule has 1 fully saturated rings. The molecule has 0 unspecified atom stereocenters. The molecule has 7 heteroatoms. The van der Waals surface area contributed by atoms with E-state index in [4.69, 9.17) is 30.2 Å². The molecule has 1 atom stereocenters. The first-order valence-electron chi connectivity index (χ1n) is 7.95. The van der Waals surface area contributed by atoms with Crippen molar-refractivity contribution in [1.82, 2.24) is 9.88 Å². The van der Waals surface area contributed by atoms with Crippen LogP contribution in [-0.4, -0.2) is 43.0 Å². The van der Waals surface area contributed by atoms with E-state index >= 15 is 0 Å². The lowest BCUT2D eigenvalue weighted by Crippen LogP contribution is -2.31. The van der Waals surface area contributed by atoms with Crippen molar-refractivity contribution >= 4 is 11.6 Å². The van der Waals surface area contributed by atoms with Crippen molar-refractivity contribution < 1.29 is 18.6 Å². The lowest BCUT2D eigenvalue weighted by molar-refractivity contribution is 0.155. The van der Waals surface area contributed by atoms with E-state index in [1.165, 1.54) is 0 Å². The van der Waals surface area contributed by atoms with E-state index in [-0.39, 0.29) is 6.79 Å². The van der Waals surface area contributed by atoms with Crippen LogP contribution >= 0.6 is 11.6 Å². The van der Waals surface area contributed by atoms with Gasteiger partial charge in [-0.25, -0.2) is 4.98 Å². The number of aromatic nitrogens is 1. The number of halogens is 1. The van der Waals surface area contributed by atoms with Crippen LogP contribution in [0.4, 0.5) is 0 Å². The minimum absolute atomic E-state index is 0.208. The minimum atomic E-state index is 0.208. The molecule has 0 N–H and O–H groups in total. The summed E-state index contributed by atoms with van der Waals surface area (Å²) < 4.78 is 22.1. The molecule has 3 heterocycles. The maximum atomic E-state index is 6.35. The average Bonchev–Trinajstić information content (AvgIpc) is 3.27. The van der Waals surface area contributed by atoms with Gasteiger partial charge in [-0.15, -0.1) is 0 Å². The number of oxazole rings is 1. The summed E-state index contributed by atoms with van der Waals surface area (Å²) in [6.45, 7) is 4.44. The van der Waals surface area contributed by atoms with Crippen LogP contribution in [0.2, 0.25) is 5.02 Å². The fourth-order valence-electron chi connectivity index (χ4n) is 3.01. The SMILES string of the molecule is Cc1oc(-c2cc3c(cc2Cl)OCO3)nc1CN(C)[C@H]1CCOC1. The molecule has 6 nitrogen and oxygen atoms in total. The van der Waals surface area contributed by atoms with E-state index in [1.54, 1.807) is 6.07 Å². The van der Waals surface area contributed by atoms with Crippen LogP contribution in [-0.2, 0) is 11.3 Å². The number of aryl methyl sites for hydroxylation is 1. The van der Waals surface area contributed by atoms with Gasteiger partial charge in [-0.3, -0.25) is 4.90 Å². The van der Waals surface area contributed by atoms with E-state index in [9.17, 15) is 0 Å². The topological polar surface area (TPSA) is 57.0 Å². The van der Waals surface area contributed by atoms with Gasteiger partial charge in [-0.1, -0.05) is 11.6 Å². The van der Waals surface area contributed by atoms with Crippen molar-refractivity contribution in [2.24, 2.45) is 0 Å². The highest BCUT2D eigenvalue weighted by Gasteiger charge is 2.24. The summed E-state index contributed by atoms with van der Waals surface area (Å²) in [4.78, 5) is 6.90. The van der Waals surface area contributed by atoms with E-state index in [1.807, 2.05) is 13.0 Å². The van der Waals surface area contributed by atoms with Crippen LogP contribution in [0.5, 0.6) is 11.5 Å². The molecule has 2 aliphatic rings. The molecule has 2 aromatic rings. The van der Waals surface area contributed by atoms with Crippen molar-refractivity contribution in [1.29, 1.82) is 0 Å². The summed E-state index contributed by atoms with van der Waals surface area (Å²) in [7, 11) is 2.08. The Hall–Kier alpha value is -1.76. The van der Waals surface area contributed by atoms with Gasteiger partial charge in [0.15, 0.2) is 11.5 Å². The normalized spacial score (nSPS) is 19.4. The molecule has 1 aromatic carbocycles. The van der Waals surface area contributed by atoms with Gasteiger partial charge in [0.25, 0.3) is 0 Å². The number of benzene rings is 1. The summed E-state index contributed by atoms with van der Waals surface area (Å²) in [5, 5.41) is 0.532. The van der Waals surface area contributed by atoms with Crippen molar-refractivity contribution in [2.45, 2.75) is 25.9 Å². The number of nitrogens with zero attached hydrogens (tertiary/aromatic N) is 2. The lowest BCUT2D eigenvalue weighted by Gasteiger charge is -2.21. The van der Waals surface area contributed by atoms with Crippen molar-refractivity contribution in [3.63, 3.8) is 0 Å². The number of fused-ring (bicyclic) bond motifs is 1. The Balaban J connectivity index is 1.59. The maximum absolute atomic E-state index is 6.35. The molecule has 128 valence electrons. The van der Waals surface area contributed by atoms with Gasteiger partial charge in [-0.05, 0) is 26.5 Å². The molecule has 0 amide bonds. The fraction of sp³-hybridized carbons (Fsp3) is 0.471. The second-order valence-corrected chi connectivity index (χ2v) is 6.55. The summed E-state index contributed by atoms with van der Waals surface area (Å²) >= 11 is 6.35. The van der Waals surface area contributed by atoms with Crippen molar-refractivity contribution in [2.75, 3.05) is 27.1 Å². The summed E-state index contributed by atoms with van der Waals surface area (Å²) in [6, 6.07) is 3.98. The highest BCUT2D eigenvalue weighted by Crippen LogP contribution is 2.41. The van der Waals surface area contributed by atoms with Crippen molar-refractivity contribution in [3.8, 4) is 23.0 Å². The first-order valence-corrected chi connectivity index (χ1v) is 8.33. The number of rotatable bonds is 4. The molecule has 0 aliphatic carbocycles. The zero-order chi connectivity index (χ0) is 16.7. The molecule has 24 heavy (non-hydrogen) atoms. The molecule has 0 radical (unpaired) electrons. The molecular formula is C17H19ClN2O4. The Labute approximate surface area is 145 Å². The van der Waals surface area contributed by atoms with Crippen LogP contribution in [0.15, 0.2) is 16.5 Å². The number of hydrogen-bond acceptors (Lipinski definition) is 6. The van der Waals surface area contributed by atoms with E-state index in [0.29, 0.717) is 40.6 Å². The smallest absolute Gasteiger partial charge is 0.231 e. The van der Waals surface area contributed by atoms with Gasteiger partial charge in [0.05, 0.1) is 22.9 Å². The average molecular weight is 351 g/mol. The zero-order valence-electron chi connectivity index (χ0n) is 13.7. The molecule has 1 aromatic heterocycles. The zero-order valence-corrected chi connectivity index (χ0v) is 14.4. The molecule has 2 aliphatic heterocycles. The number of hydrogen-bond donors (Lipinski definition) is 0. The van der Waals surface area contributed by atoms with Crippen LogP contribution < -0.4 is 9.47 Å². The van der Waals surface area contributed by atoms with Gasteiger partial charge in [0.1, 0.15) is 5.76 Å². The first kappa shape index (κ1) is 15.7. The second kappa shape index (κ2) is 6.27. The molecule has 1 saturated heterocycles. The predicted octanol–water partition coefficient (Wildman–Crippen LogP) is 3.25. The molecule has 0 bridgehead atoms. The molecule has 0 saturated carbocycles. The number of likely N-dealkylation sites (N-methyl/N-ethyl adjacent to an activating group) is 1. The largest absolute Gasteiger partial charge is 0.454 e. The van der Waals surface area contributed by atoms with Crippen LogP contribution in [0, 0.1) is 6.92 Å². The van der Waals surface area contributed by atoms with Gasteiger partial charge in [0.2, 0.25) is 12.7 Å². The molecular weight excluding hydrogens is 332 g/mol. The molecule has 4 rings (SSSR count).